The van der Waals surface area contributed by atoms with Crippen molar-refractivity contribution in [2.24, 2.45) is 10.8 Å². The predicted octanol–water partition coefficient (Wildman–Crippen LogP) is 3.14. The van der Waals surface area contributed by atoms with Gasteiger partial charge in [-0.2, -0.15) is 5.26 Å². The highest BCUT2D eigenvalue weighted by atomic mass is 16.5. The first-order valence-corrected chi connectivity index (χ1v) is 6.53. The zero-order valence-electron chi connectivity index (χ0n) is 11.7. The van der Waals surface area contributed by atoms with Crippen LogP contribution in [-0.2, 0) is 11.2 Å². The van der Waals surface area contributed by atoms with Gasteiger partial charge in [-0.15, -0.1) is 0 Å². The van der Waals surface area contributed by atoms with Crippen molar-refractivity contribution in [2.45, 2.75) is 33.1 Å². The standard InChI is InChI=1S/C16H19NO2/c1-15(2)8-9-16(11-17,14(15)18)10-12-6-4-5-7-13(12)19-3/h4-7H,8-10H2,1-3H3. The van der Waals surface area contributed by atoms with Crippen LogP contribution in [0.4, 0.5) is 0 Å². The fourth-order valence-electron chi connectivity index (χ4n) is 2.89. The summed E-state index contributed by atoms with van der Waals surface area (Å²) in [6, 6.07) is 9.87. The number of nitriles is 1. The molecule has 0 aromatic heterocycles. The molecular formula is C16H19NO2. The molecule has 1 unspecified atom stereocenters. The van der Waals surface area contributed by atoms with E-state index in [0.29, 0.717) is 12.8 Å². The van der Waals surface area contributed by atoms with Gasteiger partial charge in [0, 0.05) is 11.8 Å². The van der Waals surface area contributed by atoms with Crippen molar-refractivity contribution >= 4 is 5.78 Å². The number of ether oxygens (including phenoxy) is 1. The summed E-state index contributed by atoms with van der Waals surface area (Å²) in [6.45, 7) is 3.85. The molecule has 19 heavy (non-hydrogen) atoms. The molecular weight excluding hydrogens is 238 g/mol. The number of rotatable bonds is 3. The molecule has 0 bridgehead atoms. The third-order valence-corrected chi connectivity index (χ3v) is 4.12. The van der Waals surface area contributed by atoms with Crippen molar-refractivity contribution in [3.8, 4) is 11.8 Å². The molecule has 1 aromatic rings. The maximum Gasteiger partial charge on any atom is 0.158 e. The number of hydrogen-bond donors (Lipinski definition) is 0. The fraction of sp³-hybridized carbons (Fsp3) is 0.500. The van der Waals surface area contributed by atoms with Crippen LogP contribution < -0.4 is 4.74 Å². The van der Waals surface area contributed by atoms with E-state index in [4.69, 9.17) is 4.74 Å². The Kier molecular flexibility index (Phi) is 3.36. The summed E-state index contributed by atoms with van der Waals surface area (Å²) in [5.74, 6) is 0.808. The lowest BCUT2D eigenvalue weighted by molar-refractivity contribution is -0.130. The molecule has 3 heteroatoms. The minimum atomic E-state index is -0.891. The lowest BCUT2D eigenvalue weighted by Gasteiger charge is -2.23. The Hall–Kier alpha value is -1.82. The highest BCUT2D eigenvalue weighted by molar-refractivity contribution is 5.94. The largest absolute Gasteiger partial charge is 0.496 e. The van der Waals surface area contributed by atoms with E-state index in [1.807, 2.05) is 38.1 Å². The van der Waals surface area contributed by atoms with Crippen molar-refractivity contribution in [2.75, 3.05) is 7.11 Å². The van der Waals surface area contributed by atoms with Crippen molar-refractivity contribution < 1.29 is 9.53 Å². The van der Waals surface area contributed by atoms with Crippen LogP contribution in [-0.4, -0.2) is 12.9 Å². The maximum atomic E-state index is 12.5. The lowest BCUT2D eigenvalue weighted by Crippen LogP contribution is -2.33. The van der Waals surface area contributed by atoms with Gasteiger partial charge in [-0.3, -0.25) is 4.79 Å². The zero-order valence-corrected chi connectivity index (χ0v) is 11.7. The lowest BCUT2D eigenvalue weighted by atomic mass is 9.77. The molecule has 1 aliphatic carbocycles. The molecule has 3 nitrogen and oxygen atoms in total. The van der Waals surface area contributed by atoms with E-state index in [2.05, 4.69) is 6.07 Å². The second kappa shape index (κ2) is 4.70. The van der Waals surface area contributed by atoms with Crippen molar-refractivity contribution in [1.82, 2.24) is 0 Å². The molecule has 1 aromatic carbocycles. The Morgan fingerprint density at radius 2 is 2.00 bits per heavy atom. The zero-order chi connectivity index (χ0) is 14.1. The minimum absolute atomic E-state index is 0.0633. The Morgan fingerprint density at radius 1 is 1.32 bits per heavy atom. The molecule has 0 radical (unpaired) electrons. The number of methoxy groups -OCH3 is 1. The van der Waals surface area contributed by atoms with Crippen LogP contribution in [0.1, 0.15) is 32.3 Å². The minimum Gasteiger partial charge on any atom is -0.496 e. The molecule has 1 aliphatic rings. The van der Waals surface area contributed by atoms with Crippen molar-refractivity contribution in [1.29, 1.82) is 5.26 Å². The molecule has 0 N–H and O–H groups in total. The van der Waals surface area contributed by atoms with Gasteiger partial charge in [0.15, 0.2) is 5.78 Å². The third-order valence-electron chi connectivity index (χ3n) is 4.12. The Labute approximate surface area is 114 Å². The van der Waals surface area contributed by atoms with Crippen LogP contribution in [0.15, 0.2) is 24.3 Å². The molecule has 1 fully saturated rings. The highest BCUT2D eigenvalue weighted by Crippen LogP contribution is 2.47. The van der Waals surface area contributed by atoms with E-state index < -0.39 is 10.8 Å². The molecule has 0 aliphatic heterocycles. The number of Topliss-reactive ketones (excluding diaryl/α,β-unsaturated/α-hetero) is 1. The highest BCUT2D eigenvalue weighted by Gasteiger charge is 2.52. The van der Waals surface area contributed by atoms with Gasteiger partial charge in [0.05, 0.1) is 13.2 Å². The van der Waals surface area contributed by atoms with Crippen LogP contribution in [0.25, 0.3) is 0 Å². The van der Waals surface area contributed by atoms with Gasteiger partial charge in [-0.05, 0) is 24.5 Å². The molecule has 1 atom stereocenters. The summed E-state index contributed by atoms with van der Waals surface area (Å²) >= 11 is 0. The van der Waals surface area contributed by atoms with E-state index >= 15 is 0 Å². The summed E-state index contributed by atoms with van der Waals surface area (Å²) in [5, 5.41) is 9.53. The topological polar surface area (TPSA) is 50.1 Å². The molecule has 2 rings (SSSR count). The Morgan fingerprint density at radius 3 is 2.53 bits per heavy atom. The van der Waals surface area contributed by atoms with Crippen molar-refractivity contribution in [3.63, 3.8) is 0 Å². The monoisotopic (exact) mass is 257 g/mol. The van der Waals surface area contributed by atoms with Crippen LogP contribution in [0.5, 0.6) is 5.75 Å². The molecule has 0 spiro atoms. The Balaban J connectivity index is 2.36. The predicted molar refractivity (Wildman–Crippen MR) is 72.8 cm³/mol. The summed E-state index contributed by atoms with van der Waals surface area (Å²) in [6.07, 6.45) is 1.84. The number of carbonyl (C=O) groups is 1. The summed E-state index contributed by atoms with van der Waals surface area (Å²) in [4.78, 5) is 12.5. The van der Waals surface area contributed by atoms with Crippen molar-refractivity contribution in [3.05, 3.63) is 29.8 Å². The van der Waals surface area contributed by atoms with E-state index in [1.165, 1.54) is 0 Å². The normalized spacial score (nSPS) is 25.1. The van der Waals surface area contributed by atoms with Gasteiger partial charge in [0.1, 0.15) is 11.2 Å². The van der Waals surface area contributed by atoms with Gasteiger partial charge in [0.25, 0.3) is 0 Å². The Bertz CT molecular complexity index is 542. The van der Waals surface area contributed by atoms with Gasteiger partial charge < -0.3 is 4.74 Å². The summed E-state index contributed by atoms with van der Waals surface area (Å²) in [7, 11) is 1.61. The van der Waals surface area contributed by atoms with E-state index in [9.17, 15) is 10.1 Å². The fourth-order valence-corrected chi connectivity index (χ4v) is 2.89. The average Bonchev–Trinajstić information content (AvgIpc) is 2.64. The second-order valence-corrected chi connectivity index (χ2v) is 5.90. The molecule has 1 saturated carbocycles. The first-order valence-electron chi connectivity index (χ1n) is 6.53. The smallest absolute Gasteiger partial charge is 0.158 e. The molecule has 0 heterocycles. The van der Waals surface area contributed by atoms with Crippen LogP contribution in [0.2, 0.25) is 0 Å². The van der Waals surface area contributed by atoms with Gasteiger partial charge in [-0.1, -0.05) is 32.0 Å². The average molecular weight is 257 g/mol. The SMILES string of the molecule is COc1ccccc1CC1(C#N)CCC(C)(C)C1=O. The number of benzene rings is 1. The number of nitrogens with zero attached hydrogens (tertiary/aromatic N) is 1. The summed E-state index contributed by atoms with van der Waals surface area (Å²) < 4.78 is 5.31. The van der Waals surface area contributed by atoms with E-state index in [1.54, 1.807) is 7.11 Å². The van der Waals surface area contributed by atoms with Gasteiger partial charge >= 0.3 is 0 Å². The first-order chi connectivity index (χ1) is 8.95. The first kappa shape index (κ1) is 13.6. The molecule has 100 valence electrons. The quantitative estimate of drug-likeness (QED) is 0.835. The van der Waals surface area contributed by atoms with E-state index in [-0.39, 0.29) is 5.78 Å². The summed E-state index contributed by atoms with van der Waals surface area (Å²) in [5.41, 5.74) is -0.354. The van der Waals surface area contributed by atoms with E-state index in [0.717, 1.165) is 17.7 Å². The van der Waals surface area contributed by atoms with Crippen LogP contribution >= 0.6 is 0 Å². The van der Waals surface area contributed by atoms with Crippen LogP contribution in [0.3, 0.4) is 0 Å². The number of hydrogen-bond acceptors (Lipinski definition) is 3. The van der Waals surface area contributed by atoms with Gasteiger partial charge in [-0.25, -0.2) is 0 Å². The number of para-hydroxylation sites is 1. The van der Waals surface area contributed by atoms with Crippen LogP contribution in [0, 0.1) is 22.2 Å². The molecule has 0 amide bonds. The number of ketones is 1. The third kappa shape index (κ3) is 2.23. The second-order valence-electron chi connectivity index (χ2n) is 5.90. The van der Waals surface area contributed by atoms with Gasteiger partial charge in [0.2, 0.25) is 0 Å². The molecule has 0 saturated heterocycles. The maximum absolute atomic E-state index is 12.5. The number of carbonyl (C=O) groups excluding carboxylic acids is 1.